The molecule has 0 radical (unpaired) electrons. The molecule has 9 nitrogen and oxygen atoms in total. The molecule has 1 heterocycles. The van der Waals surface area contributed by atoms with Crippen molar-refractivity contribution >= 4 is 17.4 Å². The van der Waals surface area contributed by atoms with Crippen molar-refractivity contribution in [3.63, 3.8) is 0 Å². The van der Waals surface area contributed by atoms with Crippen molar-refractivity contribution in [2.24, 2.45) is 10.3 Å². The SMILES string of the molecule is CO/N=C(/C)c1nc(C)c(C)c(Oc2ccccc2/C(=N\OC)C(=O)OC)n1. The van der Waals surface area contributed by atoms with E-state index in [1.165, 1.54) is 21.3 Å². The lowest BCUT2D eigenvalue weighted by Gasteiger charge is -2.14. The Bertz CT molecular complexity index is 925. The maximum absolute atomic E-state index is 12.1. The van der Waals surface area contributed by atoms with Crippen LogP contribution >= 0.6 is 0 Å². The number of aryl methyl sites for hydroxylation is 1. The third-order valence-corrected chi connectivity index (χ3v) is 3.81. The van der Waals surface area contributed by atoms with Crippen LogP contribution in [-0.2, 0) is 19.2 Å². The second-order valence-corrected chi connectivity index (χ2v) is 5.63. The van der Waals surface area contributed by atoms with E-state index in [1.807, 2.05) is 13.8 Å². The molecule has 0 spiro atoms. The Kier molecular flexibility index (Phi) is 7.02. The number of methoxy groups -OCH3 is 1. The Balaban J connectivity index is 2.54. The number of benzene rings is 1. The molecule has 28 heavy (non-hydrogen) atoms. The van der Waals surface area contributed by atoms with Gasteiger partial charge in [-0.1, -0.05) is 22.4 Å². The van der Waals surface area contributed by atoms with Crippen LogP contribution in [0.25, 0.3) is 0 Å². The fourth-order valence-electron chi connectivity index (χ4n) is 2.28. The number of carbonyl (C=O) groups is 1. The zero-order valence-corrected chi connectivity index (χ0v) is 16.6. The van der Waals surface area contributed by atoms with Gasteiger partial charge in [-0.25, -0.2) is 9.78 Å². The van der Waals surface area contributed by atoms with E-state index in [2.05, 4.69) is 20.3 Å². The molecule has 0 bridgehead atoms. The quantitative estimate of drug-likeness (QED) is 0.409. The highest BCUT2D eigenvalue weighted by Gasteiger charge is 2.21. The monoisotopic (exact) mass is 386 g/mol. The van der Waals surface area contributed by atoms with Gasteiger partial charge in [-0.3, -0.25) is 0 Å². The summed E-state index contributed by atoms with van der Waals surface area (Å²) in [6.07, 6.45) is 0. The van der Waals surface area contributed by atoms with Crippen LogP contribution < -0.4 is 4.74 Å². The van der Waals surface area contributed by atoms with Crippen LogP contribution in [0, 0.1) is 13.8 Å². The molecule has 0 saturated heterocycles. The minimum Gasteiger partial charge on any atom is -0.464 e. The van der Waals surface area contributed by atoms with Gasteiger partial charge in [-0.15, -0.1) is 0 Å². The number of para-hydroxylation sites is 1. The van der Waals surface area contributed by atoms with Crippen LogP contribution in [0.1, 0.15) is 29.6 Å². The Labute approximate surface area is 163 Å². The van der Waals surface area contributed by atoms with E-state index >= 15 is 0 Å². The molecule has 148 valence electrons. The molecular formula is C19H22N4O5. The van der Waals surface area contributed by atoms with Crippen molar-refractivity contribution in [2.45, 2.75) is 20.8 Å². The molecule has 0 fully saturated rings. The molecule has 0 aliphatic heterocycles. The first kappa shape index (κ1) is 20.8. The van der Waals surface area contributed by atoms with E-state index in [1.54, 1.807) is 31.2 Å². The van der Waals surface area contributed by atoms with Crippen molar-refractivity contribution < 1.29 is 23.9 Å². The number of hydrogen-bond acceptors (Lipinski definition) is 9. The first-order valence-electron chi connectivity index (χ1n) is 8.33. The molecule has 9 heteroatoms. The smallest absolute Gasteiger partial charge is 0.360 e. The van der Waals surface area contributed by atoms with Crippen LogP contribution in [0.5, 0.6) is 11.6 Å². The fourth-order valence-corrected chi connectivity index (χ4v) is 2.28. The van der Waals surface area contributed by atoms with Crippen LogP contribution in [0.2, 0.25) is 0 Å². The topological polar surface area (TPSA) is 104 Å². The number of rotatable bonds is 7. The summed E-state index contributed by atoms with van der Waals surface area (Å²) < 4.78 is 10.8. The number of aromatic nitrogens is 2. The summed E-state index contributed by atoms with van der Waals surface area (Å²) in [7, 11) is 4.05. The normalized spacial score (nSPS) is 11.8. The molecular weight excluding hydrogens is 364 g/mol. The Morgan fingerprint density at radius 3 is 2.32 bits per heavy atom. The van der Waals surface area contributed by atoms with Gasteiger partial charge in [0, 0.05) is 11.3 Å². The van der Waals surface area contributed by atoms with Crippen molar-refractivity contribution in [3.8, 4) is 11.6 Å². The maximum atomic E-state index is 12.1. The van der Waals surface area contributed by atoms with Gasteiger partial charge in [-0.05, 0) is 32.9 Å². The molecule has 0 saturated carbocycles. The largest absolute Gasteiger partial charge is 0.464 e. The fraction of sp³-hybridized carbons (Fsp3) is 0.316. The Hall–Kier alpha value is -3.49. The lowest BCUT2D eigenvalue weighted by atomic mass is 10.1. The van der Waals surface area contributed by atoms with Crippen LogP contribution in [-0.4, -0.2) is 48.7 Å². The summed E-state index contributed by atoms with van der Waals surface area (Å²) in [6, 6.07) is 6.87. The minimum atomic E-state index is -0.655. The van der Waals surface area contributed by atoms with E-state index in [0.717, 1.165) is 11.3 Å². The predicted octanol–water partition coefficient (Wildman–Crippen LogP) is 2.78. The molecule has 0 aliphatic carbocycles. The highest BCUT2D eigenvalue weighted by Crippen LogP contribution is 2.28. The molecule has 2 aromatic rings. The van der Waals surface area contributed by atoms with E-state index in [9.17, 15) is 4.79 Å². The number of carbonyl (C=O) groups excluding carboxylic acids is 1. The van der Waals surface area contributed by atoms with Crippen molar-refractivity contribution in [3.05, 3.63) is 46.9 Å². The van der Waals surface area contributed by atoms with Gasteiger partial charge < -0.3 is 19.1 Å². The number of hydrogen-bond donors (Lipinski definition) is 0. The van der Waals surface area contributed by atoms with Gasteiger partial charge in [0.15, 0.2) is 11.5 Å². The maximum Gasteiger partial charge on any atom is 0.360 e. The zero-order valence-electron chi connectivity index (χ0n) is 16.6. The summed E-state index contributed by atoms with van der Waals surface area (Å²) in [5, 5.41) is 7.63. The molecule has 0 N–H and O–H groups in total. The highest BCUT2D eigenvalue weighted by atomic mass is 16.6. The lowest BCUT2D eigenvalue weighted by molar-refractivity contribution is -0.132. The number of nitrogens with zero attached hydrogens (tertiary/aromatic N) is 4. The minimum absolute atomic E-state index is 0.0265. The second kappa shape index (κ2) is 9.45. The van der Waals surface area contributed by atoms with Gasteiger partial charge >= 0.3 is 5.97 Å². The third kappa shape index (κ3) is 4.61. The van der Waals surface area contributed by atoms with Crippen LogP contribution in [0.15, 0.2) is 34.6 Å². The molecule has 0 aliphatic rings. The average Bonchev–Trinajstić information content (AvgIpc) is 2.69. The Morgan fingerprint density at radius 2 is 1.68 bits per heavy atom. The van der Waals surface area contributed by atoms with E-state index in [4.69, 9.17) is 19.1 Å². The number of oxime groups is 2. The number of ether oxygens (including phenoxy) is 2. The highest BCUT2D eigenvalue weighted by molar-refractivity contribution is 6.43. The number of esters is 1. The third-order valence-electron chi connectivity index (χ3n) is 3.81. The van der Waals surface area contributed by atoms with Gasteiger partial charge in [0.25, 0.3) is 0 Å². The molecule has 1 aromatic heterocycles. The van der Waals surface area contributed by atoms with Crippen molar-refractivity contribution in [1.29, 1.82) is 0 Å². The summed E-state index contributed by atoms with van der Waals surface area (Å²) in [5.74, 6) is 0.396. The van der Waals surface area contributed by atoms with E-state index in [0.29, 0.717) is 28.7 Å². The summed E-state index contributed by atoms with van der Waals surface area (Å²) in [5.41, 5.74) is 2.34. The van der Waals surface area contributed by atoms with Crippen molar-refractivity contribution in [1.82, 2.24) is 9.97 Å². The Morgan fingerprint density at radius 1 is 1.00 bits per heavy atom. The van der Waals surface area contributed by atoms with Crippen LogP contribution in [0.4, 0.5) is 0 Å². The predicted molar refractivity (Wildman–Crippen MR) is 103 cm³/mol. The second-order valence-electron chi connectivity index (χ2n) is 5.63. The summed E-state index contributed by atoms with van der Waals surface area (Å²) in [4.78, 5) is 30.5. The summed E-state index contributed by atoms with van der Waals surface area (Å²) in [6.45, 7) is 5.40. The van der Waals surface area contributed by atoms with E-state index < -0.39 is 5.97 Å². The molecule has 1 aromatic carbocycles. The van der Waals surface area contributed by atoms with E-state index in [-0.39, 0.29) is 5.71 Å². The summed E-state index contributed by atoms with van der Waals surface area (Å²) >= 11 is 0. The molecule has 2 rings (SSSR count). The van der Waals surface area contributed by atoms with Gasteiger partial charge in [0.1, 0.15) is 25.7 Å². The van der Waals surface area contributed by atoms with Crippen molar-refractivity contribution in [2.75, 3.05) is 21.3 Å². The standard InChI is InChI=1S/C19H22N4O5/c1-11-12(2)20-17(13(3)22-26-5)21-18(11)28-15-10-8-7-9-14(15)16(23-27-6)19(24)25-4/h7-10H,1-6H3/b22-13-,23-16+. The van der Waals surface area contributed by atoms with Gasteiger partial charge in [-0.2, -0.15) is 4.98 Å². The first-order valence-corrected chi connectivity index (χ1v) is 8.33. The van der Waals surface area contributed by atoms with Gasteiger partial charge in [0.2, 0.25) is 5.88 Å². The lowest BCUT2D eigenvalue weighted by Crippen LogP contribution is -2.18. The molecule has 0 unspecified atom stereocenters. The average molecular weight is 386 g/mol. The zero-order chi connectivity index (χ0) is 20.7. The first-order chi connectivity index (χ1) is 13.4. The molecule has 0 atom stereocenters. The molecule has 0 amide bonds. The van der Waals surface area contributed by atoms with Gasteiger partial charge in [0.05, 0.1) is 12.7 Å². The van der Waals surface area contributed by atoms with Crippen LogP contribution in [0.3, 0.4) is 0 Å².